The van der Waals surface area contributed by atoms with Gasteiger partial charge in [-0.25, -0.2) is 0 Å². The third-order valence-corrected chi connectivity index (χ3v) is 3.50. The Morgan fingerprint density at radius 2 is 2.10 bits per heavy atom. The number of hydrogen-bond acceptors (Lipinski definition) is 3. The Morgan fingerprint density at radius 3 is 2.85 bits per heavy atom. The molecule has 1 atom stereocenters. The number of carbonyl (C=O) groups is 1. The van der Waals surface area contributed by atoms with Crippen LogP contribution in [0.3, 0.4) is 0 Å². The zero-order chi connectivity index (χ0) is 14.3. The second-order valence-electron chi connectivity index (χ2n) is 4.98. The van der Waals surface area contributed by atoms with Gasteiger partial charge in [-0.1, -0.05) is 18.2 Å². The van der Waals surface area contributed by atoms with Crippen molar-refractivity contribution >= 4 is 11.6 Å². The van der Waals surface area contributed by atoms with E-state index >= 15 is 0 Å². The number of aromatic nitrogens is 1. The Balaban J connectivity index is 2.04. The molecule has 0 saturated heterocycles. The minimum Gasteiger partial charge on any atom is -0.494 e. The molecule has 0 bridgehead atoms. The molecule has 1 amide bonds. The third kappa shape index (κ3) is 1.97. The lowest BCUT2D eigenvalue weighted by Crippen LogP contribution is -2.36. The molecular weight excluding hydrogens is 256 g/mol. The molecule has 0 fully saturated rings. The number of aromatic amines is 1. The predicted molar refractivity (Wildman–Crippen MR) is 75.1 cm³/mol. The fourth-order valence-corrected chi connectivity index (χ4v) is 2.67. The Bertz CT molecular complexity index is 736. The topological polar surface area (TPSA) is 73.4 Å². The summed E-state index contributed by atoms with van der Waals surface area (Å²) < 4.78 is 0. The number of amides is 1. The smallest absolute Gasteiger partial charge is 0.258 e. The van der Waals surface area contributed by atoms with E-state index in [0.29, 0.717) is 0 Å². The van der Waals surface area contributed by atoms with Gasteiger partial charge in [0.05, 0.1) is 5.56 Å². The fourth-order valence-electron chi connectivity index (χ4n) is 2.67. The molecule has 0 radical (unpaired) electrons. The molecule has 5 heteroatoms. The minimum atomic E-state index is -0.492. The Hall–Kier alpha value is -2.56. The second kappa shape index (κ2) is 4.52. The predicted octanol–water partition coefficient (Wildman–Crippen LogP) is 1.67. The van der Waals surface area contributed by atoms with Crippen molar-refractivity contribution in [2.45, 2.75) is 19.4 Å². The Kier molecular flexibility index (Phi) is 2.82. The van der Waals surface area contributed by atoms with Crippen LogP contribution in [0, 0.1) is 0 Å². The summed E-state index contributed by atoms with van der Waals surface area (Å²) in [5.74, 6) is -0.579. The van der Waals surface area contributed by atoms with Crippen molar-refractivity contribution in [3.63, 3.8) is 0 Å². The zero-order valence-corrected chi connectivity index (χ0v) is 11.0. The van der Waals surface area contributed by atoms with E-state index in [1.165, 1.54) is 12.1 Å². The molecule has 5 nitrogen and oxygen atoms in total. The molecule has 1 aliphatic heterocycles. The van der Waals surface area contributed by atoms with Crippen LogP contribution < -0.4 is 10.5 Å². The summed E-state index contributed by atoms with van der Waals surface area (Å²) in [6, 6.07) is 10.2. The van der Waals surface area contributed by atoms with Gasteiger partial charge in [-0.2, -0.15) is 0 Å². The van der Waals surface area contributed by atoms with Gasteiger partial charge >= 0.3 is 0 Å². The molecule has 20 heavy (non-hydrogen) atoms. The first-order chi connectivity index (χ1) is 9.56. The van der Waals surface area contributed by atoms with Gasteiger partial charge in [0.1, 0.15) is 0 Å². The molecule has 2 aromatic rings. The average Bonchev–Trinajstić information content (AvgIpc) is 2.72. The van der Waals surface area contributed by atoms with Crippen molar-refractivity contribution in [2.24, 2.45) is 0 Å². The standard InChI is InChI=1S/C15H14N2O3/c1-9-6-10-4-2-3-5-12(10)17(9)15(20)11-7-13(18)16-14(19)8-11/h2-5,7-9H,6H2,1H3,(H2,16,18,19). The molecule has 1 aliphatic rings. The van der Waals surface area contributed by atoms with Crippen molar-refractivity contribution in [3.05, 3.63) is 57.9 Å². The Labute approximate surface area is 115 Å². The maximum absolute atomic E-state index is 12.6. The number of hydrogen-bond donors (Lipinski definition) is 2. The van der Waals surface area contributed by atoms with Gasteiger partial charge in [0.15, 0.2) is 5.88 Å². The third-order valence-electron chi connectivity index (χ3n) is 3.50. The van der Waals surface area contributed by atoms with Gasteiger partial charge in [0, 0.05) is 23.9 Å². The lowest BCUT2D eigenvalue weighted by atomic mass is 10.1. The molecular formula is C15H14N2O3. The maximum atomic E-state index is 12.6. The summed E-state index contributed by atoms with van der Waals surface area (Å²) in [5, 5.41) is 9.42. The zero-order valence-electron chi connectivity index (χ0n) is 11.0. The van der Waals surface area contributed by atoms with Gasteiger partial charge in [0.2, 0.25) is 0 Å². The van der Waals surface area contributed by atoms with E-state index in [9.17, 15) is 14.7 Å². The molecule has 1 unspecified atom stereocenters. The van der Waals surface area contributed by atoms with Gasteiger partial charge in [-0.3, -0.25) is 14.6 Å². The Morgan fingerprint density at radius 1 is 1.35 bits per heavy atom. The van der Waals surface area contributed by atoms with Gasteiger partial charge < -0.3 is 10.0 Å². The first-order valence-electron chi connectivity index (χ1n) is 6.41. The maximum Gasteiger partial charge on any atom is 0.258 e. The number of rotatable bonds is 1. The van der Waals surface area contributed by atoms with Crippen molar-refractivity contribution in [1.29, 1.82) is 0 Å². The molecule has 102 valence electrons. The van der Waals surface area contributed by atoms with Crippen molar-refractivity contribution in [2.75, 3.05) is 4.90 Å². The summed E-state index contributed by atoms with van der Waals surface area (Å²) in [6.45, 7) is 1.96. The summed E-state index contributed by atoms with van der Waals surface area (Å²) in [6.07, 6.45) is 0.789. The van der Waals surface area contributed by atoms with Gasteiger partial charge in [0.25, 0.3) is 11.5 Å². The summed E-state index contributed by atoms with van der Waals surface area (Å²) in [7, 11) is 0. The van der Waals surface area contributed by atoms with Crippen LogP contribution in [0.5, 0.6) is 5.88 Å². The van der Waals surface area contributed by atoms with Crippen molar-refractivity contribution < 1.29 is 9.90 Å². The molecule has 1 aromatic heterocycles. The number of benzene rings is 1. The molecule has 0 saturated carbocycles. The number of carbonyl (C=O) groups excluding carboxylic acids is 1. The number of pyridine rings is 1. The molecule has 1 aromatic carbocycles. The molecule has 2 heterocycles. The van der Waals surface area contributed by atoms with E-state index in [1.807, 2.05) is 31.2 Å². The van der Waals surface area contributed by atoms with Crippen LogP contribution in [0.2, 0.25) is 0 Å². The van der Waals surface area contributed by atoms with E-state index in [4.69, 9.17) is 0 Å². The number of nitrogens with zero attached hydrogens (tertiary/aromatic N) is 1. The minimum absolute atomic E-state index is 0.0290. The molecule has 0 spiro atoms. The van der Waals surface area contributed by atoms with Crippen LogP contribution >= 0.6 is 0 Å². The molecule has 2 N–H and O–H groups in total. The summed E-state index contributed by atoms with van der Waals surface area (Å²) >= 11 is 0. The van der Waals surface area contributed by atoms with Crippen LogP contribution in [0.15, 0.2) is 41.2 Å². The monoisotopic (exact) mass is 270 g/mol. The van der Waals surface area contributed by atoms with E-state index in [-0.39, 0.29) is 23.4 Å². The number of para-hydroxylation sites is 1. The van der Waals surface area contributed by atoms with E-state index in [1.54, 1.807) is 4.90 Å². The fraction of sp³-hybridized carbons (Fsp3) is 0.200. The lowest BCUT2D eigenvalue weighted by Gasteiger charge is -2.22. The highest BCUT2D eigenvalue weighted by molar-refractivity contribution is 6.07. The normalized spacial score (nSPS) is 17.1. The van der Waals surface area contributed by atoms with Crippen LogP contribution in [0.25, 0.3) is 0 Å². The first-order valence-corrected chi connectivity index (χ1v) is 6.41. The second-order valence-corrected chi connectivity index (χ2v) is 4.98. The quantitative estimate of drug-likeness (QED) is 0.828. The average molecular weight is 270 g/mol. The highest BCUT2D eigenvalue weighted by Crippen LogP contribution is 2.33. The van der Waals surface area contributed by atoms with Crippen LogP contribution in [-0.4, -0.2) is 22.0 Å². The van der Waals surface area contributed by atoms with Gasteiger partial charge in [-0.15, -0.1) is 0 Å². The van der Waals surface area contributed by atoms with Crippen LogP contribution in [0.1, 0.15) is 22.8 Å². The van der Waals surface area contributed by atoms with E-state index in [2.05, 4.69) is 4.98 Å². The van der Waals surface area contributed by atoms with E-state index in [0.717, 1.165) is 17.7 Å². The molecule has 3 rings (SSSR count). The van der Waals surface area contributed by atoms with Gasteiger partial charge in [-0.05, 0) is 25.0 Å². The highest BCUT2D eigenvalue weighted by atomic mass is 16.3. The number of aromatic hydroxyl groups is 1. The SMILES string of the molecule is CC1Cc2ccccc2N1C(=O)c1cc(O)[nH]c(=O)c1. The highest BCUT2D eigenvalue weighted by Gasteiger charge is 2.31. The molecule has 0 aliphatic carbocycles. The number of fused-ring (bicyclic) bond motifs is 1. The van der Waals surface area contributed by atoms with Crippen molar-refractivity contribution in [3.8, 4) is 5.88 Å². The van der Waals surface area contributed by atoms with Crippen LogP contribution in [0.4, 0.5) is 5.69 Å². The summed E-state index contributed by atoms with van der Waals surface area (Å²) in [4.78, 5) is 27.8. The van der Waals surface area contributed by atoms with Crippen molar-refractivity contribution in [1.82, 2.24) is 4.98 Å². The number of anilines is 1. The van der Waals surface area contributed by atoms with E-state index < -0.39 is 5.56 Å². The number of H-pyrrole nitrogens is 1. The summed E-state index contributed by atoms with van der Waals surface area (Å²) in [5.41, 5.74) is 1.68. The largest absolute Gasteiger partial charge is 0.494 e. The lowest BCUT2D eigenvalue weighted by molar-refractivity contribution is 0.0981. The van der Waals surface area contributed by atoms with Crippen LogP contribution in [-0.2, 0) is 6.42 Å². The number of nitrogens with one attached hydrogen (secondary N) is 1. The first kappa shape index (κ1) is 12.5.